The lowest BCUT2D eigenvalue weighted by Crippen LogP contribution is -2.20. The summed E-state index contributed by atoms with van der Waals surface area (Å²) in [6, 6.07) is 20.8. The van der Waals surface area contributed by atoms with Crippen molar-refractivity contribution in [2.75, 3.05) is 23.0 Å². The van der Waals surface area contributed by atoms with E-state index in [9.17, 15) is 14.4 Å². The monoisotopic (exact) mass is 450 g/mol. The molecule has 0 radical (unpaired) electrons. The lowest BCUT2D eigenvalue weighted by molar-refractivity contribution is -0.118. The van der Waals surface area contributed by atoms with Crippen molar-refractivity contribution in [3.05, 3.63) is 83.9 Å². The molecule has 0 saturated heterocycles. The van der Waals surface area contributed by atoms with Crippen molar-refractivity contribution in [3.8, 4) is 5.75 Å². The molecule has 0 atom stereocenters. The summed E-state index contributed by atoms with van der Waals surface area (Å²) in [4.78, 5) is 36.3. The smallest absolute Gasteiger partial charge is 0.335 e. The predicted octanol–water partition coefficient (Wildman–Crippen LogP) is 4.44. The molecular weight excluding hydrogens is 428 g/mol. The average Bonchev–Trinajstić information content (AvgIpc) is 2.79. The normalized spacial score (nSPS) is 10.3. The highest BCUT2D eigenvalue weighted by molar-refractivity contribution is 8.00. The standard InChI is InChI=1S/C24H22N2O5S/c1-16-7-8-17(24(29)30)13-21(16)26-23(28)15-32-20-11-9-18(10-12-20)25-22(27)14-31-19-5-3-2-4-6-19/h2-13H,14-15H2,1H3,(H,25,27)(H,26,28)(H,29,30). The molecule has 2 amide bonds. The number of carbonyl (C=O) groups is 3. The summed E-state index contributed by atoms with van der Waals surface area (Å²) in [5.74, 6) is -0.775. The summed E-state index contributed by atoms with van der Waals surface area (Å²) in [7, 11) is 0. The van der Waals surface area contributed by atoms with Crippen LogP contribution in [0.25, 0.3) is 0 Å². The molecular formula is C24H22N2O5S. The SMILES string of the molecule is Cc1ccc(C(=O)O)cc1NC(=O)CSc1ccc(NC(=O)COc2ccccc2)cc1. The zero-order valence-electron chi connectivity index (χ0n) is 17.3. The molecule has 8 heteroatoms. The number of rotatable bonds is 9. The van der Waals surface area contributed by atoms with Crippen LogP contribution in [0, 0.1) is 6.92 Å². The van der Waals surface area contributed by atoms with E-state index >= 15 is 0 Å². The van der Waals surface area contributed by atoms with Gasteiger partial charge in [-0.1, -0.05) is 24.3 Å². The summed E-state index contributed by atoms with van der Waals surface area (Å²) in [5, 5.41) is 14.6. The minimum Gasteiger partial charge on any atom is -0.484 e. The van der Waals surface area contributed by atoms with Crippen LogP contribution in [0.15, 0.2) is 77.7 Å². The van der Waals surface area contributed by atoms with Crippen LogP contribution in [-0.2, 0) is 9.59 Å². The second-order valence-corrected chi connectivity index (χ2v) is 7.89. The predicted molar refractivity (Wildman–Crippen MR) is 125 cm³/mol. The third-order valence-corrected chi connectivity index (χ3v) is 5.39. The number of carboxylic acids is 1. The molecule has 3 aromatic rings. The number of hydrogen-bond acceptors (Lipinski definition) is 5. The molecule has 0 aliphatic carbocycles. The molecule has 32 heavy (non-hydrogen) atoms. The number of nitrogens with one attached hydrogen (secondary N) is 2. The second kappa shape index (κ2) is 11.0. The van der Waals surface area contributed by atoms with Gasteiger partial charge in [0.2, 0.25) is 5.91 Å². The molecule has 0 aliphatic rings. The van der Waals surface area contributed by atoms with Crippen molar-refractivity contribution < 1.29 is 24.2 Å². The van der Waals surface area contributed by atoms with Crippen molar-refractivity contribution in [2.45, 2.75) is 11.8 Å². The van der Waals surface area contributed by atoms with Gasteiger partial charge in [0.15, 0.2) is 6.61 Å². The minimum absolute atomic E-state index is 0.0941. The average molecular weight is 451 g/mol. The van der Waals surface area contributed by atoms with Crippen molar-refractivity contribution in [3.63, 3.8) is 0 Å². The summed E-state index contributed by atoms with van der Waals surface area (Å²) in [6.45, 7) is 1.70. The number of benzene rings is 3. The molecule has 0 spiro atoms. The molecule has 0 saturated carbocycles. The molecule has 3 aromatic carbocycles. The number of hydrogen-bond donors (Lipinski definition) is 3. The van der Waals surface area contributed by atoms with Crippen molar-refractivity contribution in [1.29, 1.82) is 0 Å². The molecule has 7 nitrogen and oxygen atoms in total. The first-order chi connectivity index (χ1) is 15.4. The Kier molecular flexibility index (Phi) is 7.88. The van der Waals surface area contributed by atoms with Crippen LogP contribution in [0.1, 0.15) is 15.9 Å². The number of carboxylic acid groups (broad SMARTS) is 1. The minimum atomic E-state index is -1.05. The number of anilines is 2. The maximum atomic E-state index is 12.3. The number of ether oxygens (including phenoxy) is 1. The third kappa shape index (κ3) is 6.88. The molecule has 164 valence electrons. The van der Waals surface area contributed by atoms with E-state index in [1.165, 1.54) is 23.9 Å². The summed E-state index contributed by atoms with van der Waals surface area (Å²) in [5.41, 5.74) is 2.00. The molecule has 3 rings (SSSR count). The van der Waals surface area contributed by atoms with E-state index in [0.717, 1.165) is 10.5 Å². The Hall–Kier alpha value is -3.78. The molecule has 0 heterocycles. The van der Waals surface area contributed by atoms with Crippen LogP contribution < -0.4 is 15.4 Å². The molecule has 0 aromatic heterocycles. The number of para-hydroxylation sites is 1. The first-order valence-corrected chi connectivity index (χ1v) is 10.7. The van der Waals surface area contributed by atoms with Crippen LogP contribution in [0.5, 0.6) is 5.75 Å². The van der Waals surface area contributed by atoms with E-state index in [1.54, 1.807) is 37.3 Å². The van der Waals surface area contributed by atoms with E-state index in [1.807, 2.05) is 30.3 Å². The lowest BCUT2D eigenvalue weighted by Gasteiger charge is -2.10. The second-order valence-electron chi connectivity index (χ2n) is 6.85. The van der Waals surface area contributed by atoms with E-state index in [4.69, 9.17) is 9.84 Å². The Morgan fingerprint density at radius 2 is 1.62 bits per heavy atom. The zero-order chi connectivity index (χ0) is 22.9. The first kappa shape index (κ1) is 22.9. The molecule has 0 bridgehead atoms. The Labute approximate surface area is 189 Å². The van der Waals surface area contributed by atoms with Crippen LogP contribution in [-0.4, -0.2) is 35.2 Å². The van der Waals surface area contributed by atoms with Crippen LogP contribution in [0.4, 0.5) is 11.4 Å². The maximum absolute atomic E-state index is 12.3. The Balaban J connectivity index is 1.46. The molecule has 0 aliphatic heterocycles. The quantitative estimate of drug-likeness (QED) is 0.416. The summed E-state index contributed by atoms with van der Waals surface area (Å²) in [6.07, 6.45) is 0. The van der Waals surface area contributed by atoms with Crippen LogP contribution in [0.3, 0.4) is 0 Å². The number of amides is 2. The van der Waals surface area contributed by atoms with E-state index in [0.29, 0.717) is 17.1 Å². The van der Waals surface area contributed by atoms with Gasteiger partial charge in [-0.05, 0) is 61.0 Å². The van der Waals surface area contributed by atoms with Gasteiger partial charge in [0, 0.05) is 16.3 Å². The molecule has 3 N–H and O–H groups in total. The number of carbonyl (C=O) groups excluding carboxylic acids is 2. The summed E-state index contributed by atoms with van der Waals surface area (Å²) < 4.78 is 5.41. The zero-order valence-corrected chi connectivity index (χ0v) is 18.1. The molecule has 0 unspecified atom stereocenters. The highest BCUT2D eigenvalue weighted by atomic mass is 32.2. The fourth-order valence-electron chi connectivity index (χ4n) is 2.72. The van der Waals surface area contributed by atoms with E-state index < -0.39 is 5.97 Å². The first-order valence-electron chi connectivity index (χ1n) is 9.75. The largest absolute Gasteiger partial charge is 0.484 e. The fourth-order valence-corrected chi connectivity index (χ4v) is 3.42. The number of aryl methyl sites for hydroxylation is 1. The highest BCUT2D eigenvalue weighted by Gasteiger charge is 2.10. The van der Waals surface area contributed by atoms with Gasteiger partial charge in [0.1, 0.15) is 5.75 Å². The Morgan fingerprint density at radius 3 is 2.31 bits per heavy atom. The van der Waals surface area contributed by atoms with Gasteiger partial charge in [-0.15, -0.1) is 11.8 Å². The fraction of sp³-hybridized carbons (Fsp3) is 0.125. The third-order valence-electron chi connectivity index (χ3n) is 4.38. The maximum Gasteiger partial charge on any atom is 0.335 e. The van der Waals surface area contributed by atoms with Crippen LogP contribution in [0.2, 0.25) is 0 Å². The van der Waals surface area contributed by atoms with Gasteiger partial charge in [-0.3, -0.25) is 9.59 Å². The van der Waals surface area contributed by atoms with Crippen LogP contribution >= 0.6 is 11.8 Å². The lowest BCUT2D eigenvalue weighted by atomic mass is 10.1. The van der Waals surface area contributed by atoms with Gasteiger partial charge in [0.25, 0.3) is 5.91 Å². The highest BCUT2D eigenvalue weighted by Crippen LogP contribution is 2.22. The topological polar surface area (TPSA) is 105 Å². The van der Waals surface area contributed by atoms with Gasteiger partial charge >= 0.3 is 5.97 Å². The number of aromatic carboxylic acids is 1. The van der Waals surface area contributed by atoms with E-state index in [2.05, 4.69) is 10.6 Å². The number of thioether (sulfide) groups is 1. The Bertz CT molecular complexity index is 1100. The summed E-state index contributed by atoms with van der Waals surface area (Å²) >= 11 is 1.33. The van der Waals surface area contributed by atoms with Gasteiger partial charge in [0.05, 0.1) is 11.3 Å². The van der Waals surface area contributed by atoms with Crippen molar-refractivity contribution >= 4 is 40.9 Å². The van der Waals surface area contributed by atoms with Gasteiger partial charge < -0.3 is 20.5 Å². The van der Waals surface area contributed by atoms with Crippen molar-refractivity contribution in [2.24, 2.45) is 0 Å². The van der Waals surface area contributed by atoms with Gasteiger partial charge in [-0.25, -0.2) is 4.79 Å². The molecule has 0 fully saturated rings. The van der Waals surface area contributed by atoms with Gasteiger partial charge in [-0.2, -0.15) is 0 Å². The van der Waals surface area contributed by atoms with E-state index in [-0.39, 0.29) is 29.7 Å². The van der Waals surface area contributed by atoms with Crippen molar-refractivity contribution in [1.82, 2.24) is 0 Å². The Morgan fingerprint density at radius 1 is 0.906 bits per heavy atom.